The Bertz CT molecular complexity index is 734. The zero-order chi connectivity index (χ0) is 19.7. The van der Waals surface area contributed by atoms with Gasteiger partial charge in [-0.05, 0) is 44.4 Å². The lowest BCUT2D eigenvalue weighted by Gasteiger charge is -2.43. The average Bonchev–Trinajstić information content (AvgIpc) is 3.27. The Kier molecular flexibility index (Phi) is 5.45. The van der Waals surface area contributed by atoms with Crippen LogP contribution in [0.4, 0.5) is 0 Å². The summed E-state index contributed by atoms with van der Waals surface area (Å²) >= 11 is 0. The molecule has 3 heterocycles. The van der Waals surface area contributed by atoms with Crippen LogP contribution in [0.3, 0.4) is 0 Å². The number of carbonyl (C=O) groups is 2. The van der Waals surface area contributed by atoms with Crippen molar-refractivity contribution >= 4 is 11.8 Å². The quantitative estimate of drug-likeness (QED) is 0.775. The number of carbonyl (C=O) groups excluding carboxylic acids is 2. The molecule has 7 heteroatoms. The van der Waals surface area contributed by atoms with E-state index in [0.29, 0.717) is 38.6 Å². The molecule has 28 heavy (non-hydrogen) atoms. The van der Waals surface area contributed by atoms with E-state index in [2.05, 4.69) is 5.10 Å². The summed E-state index contributed by atoms with van der Waals surface area (Å²) in [7, 11) is 0. The van der Waals surface area contributed by atoms with Crippen molar-refractivity contribution in [1.29, 1.82) is 0 Å². The lowest BCUT2D eigenvalue weighted by molar-refractivity contribution is -0.135. The number of rotatable bonds is 5. The van der Waals surface area contributed by atoms with Crippen LogP contribution in [-0.2, 0) is 16.1 Å². The van der Waals surface area contributed by atoms with Gasteiger partial charge < -0.3 is 14.5 Å². The average molecular weight is 389 g/mol. The topological polar surface area (TPSA) is 67.7 Å². The minimum Gasteiger partial charge on any atom is -0.378 e. The van der Waals surface area contributed by atoms with Gasteiger partial charge in [0, 0.05) is 44.8 Å². The van der Waals surface area contributed by atoms with E-state index in [1.54, 1.807) is 6.20 Å². The van der Waals surface area contributed by atoms with E-state index >= 15 is 0 Å². The highest BCUT2D eigenvalue weighted by Crippen LogP contribution is 2.53. The van der Waals surface area contributed by atoms with Crippen LogP contribution in [0.25, 0.3) is 0 Å². The predicted octanol–water partition coefficient (Wildman–Crippen LogP) is 2.09. The van der Waals surface area contributed by atoms with Gasteiger partial charge in [-0.25, -0.2) is 0 Å². The summed E-state index contributed by atoms with van der Waals surface area (Å²) in [5.74, 6) is 0.768. The van der Waals surface area contributed by atoms with Gasteiger partial charge in [0.2, 0.25) is 5.91 Å². The minimum atomic E-state index is 0.102. The third-order valence-corrected chi connectivity index (χ3v) is 7.15. The molecular weight excluding hydrogens is 356 g/mol. The van der Waals surface area contributed by atoms with E-state index in [1.165, 1.54) is 19.3 Å². The molecule has 1 atom stereocenters. The molecule has 2 saturated heterocycles. The van der Waals surface area contributed by atoms with Crippen molar-refractivity contribution in [2.24, 2.45) is 11.3 Å². The molecule has 7 nitrogen and oxygen atoms in total. The van der Waals surface area contributed by atoms with E-state index in [-0.39, 0.29) is 17.2 Å². The lowest BCUT2D eigenvalue weighted by Crippen LogP contribution is -2.42. The molecule has 1 aromatic rings. The van der Waals surface area contributed by atoms with Crippen LogP contribution < -0.4 is 0 Å². The first-order valence-corrected chi connectivity index (χ1v) is 10.7. The zero-order valence-electron chi connectivity index (χ0n) is 17.2. The van der Waals surface area contributed by atoms with E-state index in [0.717, 1.165) is 37.3 Å². The molecule has 1 saturated carbocycles. The molecule has 3 aliphatic rings. The Balaban J connectivity index is 1.40. The maximum Gasteiger partial charge on any atom is 0.257 e. The highest BCUT2D eigenvalue weighted by atomic mass is 16.5. The van der Waals surface area contributed by atoms with Crippen molar-refractivity contribution in [3.05, 3.63) is 17.5 Å². The summed E-state index contributed by atoms with van der Waals surface area (Å²) in [6, 6.07) is 0. The second-order valence-corrected chi connectivity index (χ2v) is 8.59. The van der Waals surface area contributed by atoms with Gasteiger partial charge in [0.05, 0.1) is 25.0 Å². The fourth-order valence-electron chi connectivity index (χ4n) is 5.20. The zero-order valence-corrected chi connectivity index (χ0v) is 17.2. The summed E-state index contributed by atoms with van der Waals surface area (Å²) in [5.41, 5.74) is 1.90. The van der Waals surface area contributed by atoms with Crippen LogP contribution in [0.2, 0.25) is 0 Å². The molecule has 0 N–H and O–H groups in total. The van der Waals surface area contributed by atoms with Gasteiger partial charge in [0.1, 0.15) is 0 Å². The largest absolute Gasteiger partial charge is 0.378 e. The monoisotopic (exact) mass is 388 g/mol. The van der Waals surface area contributed by atoms with Gasteiger partial charge in [-0.15, -0.1) is 0 Å². The van der Waals surface area contributed by atoms with Crippen molar-refractivity contribution in [3.8, 4) is 0 Å². The van der Waals surface area contributed by atoms with Crippen molar-refractivity contribution < 1.29 is 14.3 Å². The molecule has 1 aliphatic carbocycles. The number of morpholine rings is 1. The van der Waals surface area contributed by atoms with E-state index in [4.69, 9.17) is 4.74 Å². The van der Waals surface area contributed by atoms with E-state index in [1.807, 2.05) is 28.3 Å². The molecule has 0 radical (unpaired) electrons. The third kappa shape index (κ3) is 3.45. The van der Waals surface area contributed by atoms with Crippen molar-refractivity contribution in [2.75, 3.05) is 39.4 Å². The lowest BCUT2D eigenvalue weighted by atomic mass is 9.62. The number of ether oxygens (including phenoxy) is 1. The number of amides is 2. The summed E-state index contributed by atoms with van der Waals surface area (Å²) in [5, 5.41) is 4.34. The normalized spacial score (nSPS) is 23.9. The standard InChI is InChI=1S/C21H32N4O3/c1-3-25-16(2)18(13-22-25)20(27)24-14-17(21(15-24)7-4-8-21)5-6-19(26)23-9-11-28-12-10-23/h13,17H,3-12,14-15H2,1-2H3. The van der Waals surface area contributed by atoms with E-state index < -0.39 is 0 Å². The second-order valence-electron chi connectivity index (χ2n) is 8.59. The van der Waals surface area contributed by atoms with Crippen LogP contribution in [0.5, 0.6) is 0 Å². The second kappa shape index (κ2) is 7.85. The van der Waals surface area contributed by atoms with E-state index in [9.17, 15) is 9.59 Å². The van der Waals surface area contributed by atoms with Crippen molar-refractivity contribution in [1.82, 2.24) is 19.6 Å². The highest BCUT2D eigenvalue weighted by molar-refractivity contribution is 5.95. The van der Waals surface area contributed by atoms with Crippen LogP contribution in [0.15, 0.2) is 6.20 Å². The molecule has 1 aromatic heterocycles. The van der Waals surface area contributed by atoms with Crippen molar-refractivity contribution in [2.45, 2.75) is 52.5 Å². The smallest absolute Gasteiger partial charge is 0.257 e. The molecule has 1 spiro atoms. The van der Waals surface area contributed by atoms with Crippen LogP contribution in [0, 0.1) is 18.3 Å². The number of aryl methyl sites for hydroxylation is 1. The Morgan fingerprint density at radius 2 is 2.00 bits per heavy atom. The molecule has 4 rings (SSSR count). The fraction of sp³-hybridized carbons (Fsp3) is 0.762. The first-order chi connectivity index (χ1) is 13.5. The Hall–Kier alpha value is -1.89. The van der Waals surface area contributed by atoms with Gasteiger partial charge in [0.25, 0.3) is 5.91 Å². The molecule has 0 bridgehead atoms. The third-order valence-electron chi connectivity index (χ3n) is 7.15. The Labute approximate surface area is 167 Å². The Morgan fingerprint density at radius 1 is 1.25 bits per heavy atom. The molecule has 1 unspecified atom stereocenters. The maximum atomic E-state index is 13.1. The Morgan fingerprint density at radius 3 is 2.61 bits per heavy atom. The summed E-state index contributed by atoms with van der Waals surface area (Å²) in [6.45, 7) is 9.09. The summed E-state index contributed by atoms with van der Waals surface area (Å²) in [6.07, 6.45) is 6.78. The van der Waals surface area contributed by atoms with Crippen LogP contribution >= 0.6 is 0 Å². The first kappa shape index (κ1) is 19.4. The van der Waals surface area contributed by atoms with Gasteiger partial charge in [0.15, 0.2) is 0 Å². The van der Waals surface area contributed by atoms with Gasteiger partial charge in [-0.1, -0.05) is 6.42 Å². The number of aromatic nitrogens is 2. The predicted molar refractivity (Wildman–Crippen MR) is 105 cm³/mol. The molecule has 3 fully saturated rings. The number of hydrogen-bond acceptors (Lipinski definition) is 4. The van der Waals surface area contributed by atoms with Crippen molar-refractivity contribution in [3.63, 3.8) is 0 Å². The molecular formula is C21H32N4O3. The van der Waals surface area contributed by atoms with Gasteiger partial charge >= 0.3 is 0 Å². The summed E-state index contributed by atoms with van der Waals surface area (Å²) in [4.78, 5) is 29.7. The minimum absolute atomic E-state index is 0.102. The van der Waals surface area contributed by atoms with Crippen LogP contribution in [0.1, 0.15) is 55.1 Å². The summed E-state index contributed by atoms with van der Waals surface area (Å²) < 4.78 is 7.22. The van der Waals surface area contributed by atoms with Gasteiger partial charge in [-0.3, -0.25) is 14.3 Å². The molecule has 2 aliphatic heterocycles. The van der Waals surface area contributed by atoms with Gasteiger partial charge in [-0.2, -0.15) is 5.10 Å². The first-order valence-electron chi connectivity index (χ1n) is 10.7. The van der Waals surface area contributed by atoms with Crippen LogP contribution in [-0.4, -0.2) is 70.8 Å². The number of hydrogen-bond donors (Lipinski definition) is 0. The fourth-order valence-corrected chi connectivity index (χ4v) is 5.20. The number of likely N-dealkylation sites (tertiary alicyclic amines) is 1. The number of nitrogens with zero attached hydrogens (tertiary/aromatic N) is 4. The maximum absolute atomic E-state index is 13.1. The molecule has 154 valence electrons. The molecule has 2 amide bonds. The SMILES string of the molecule is CCn1ncc(C(=O)N2CC(CCC(=O)N3CCOCC3)C3(CCC3)C2)c1C. The highest BCUT2D eigenvalue weighted by Gasteiger charge is 2.51. The molecule has 0 aromatic carbocycles.